The molecule has 0 spiro atoms. The van der Waals surface area contributed by atoms with Gasteiger partial charge in [0.2, 0.25) is 0 Å². The van der Waals surface area contributed by atoms with Gasteiger partial charge in [-0.2, -0.15) is 0 Å². The zero-order chi connectivity index (χ0) is 26.8. The second-order valence-corrected chi connectivity index (χ2v) is 10.2. The number of furan rings is 1. The highest BCUT2D eigenvalue weighted by Crippen LogP contribution is 2.31. The summed E-state index contributed by atoms with van der Waals surface area (Å²) in [4.78, 5) is 23.3. The Balaban J connectivity index is 1.51. The monoisotopic (exact) mass is 525 g/mol. The summed E-state index contributed by atoms with van der Waals surface area (Å²) in [7, 11) is 0. The van der Waals surface area contributed by atoms with E-state index in [9.17, 15) is 4.79 Å². The van der Waals surface area contributed by atoms with Gasteiger partial charge < -0.3 is 14.1 Å². The summed E-state index contributed by atoms with van der Waals surface area (Å²) in [5, 5.41) is 13.8. The molecule has 6 rings (SSSR count). The molecule has 5 aromatic rings. The van der Waals surface area contributed by atoms with Crippen molar-refractivity contribution in [2.24, 2.45) is 0 Å². The van der Waals surface area contributed by atoms with Crippen molar-refractivity contribution in [1.29, 1.82) is 0 Å². The van der Waals surface area contributed by atoms with Gasteiger partial charge >= 0.3 is 0 Å². The van der Waals surface area contributed by atoms with E-state index >= 15 is 0 Å². The Morgan fingerprint density at radius 1 is 1.15 bits per heavy atom. The van der Waals surface area contributed by atoms with Crippen LogP contribution in [-0.4, -0.2) is 47.8 Å². The molecule has 200 valence electrons. The van der Waals surface area contributed by atoms with Crippen molar-refractivity contribution >= 4 is 10.9 Å². The van der Waals surface area contributed by atoms with Crippen molar-refractivity contribution in [1.82, 2.24) is 35.1 Å². The molecule has 0 radical (unpaired) electrons. The third-order valence-corrected chi connectivity index (χ3v) is 7.40. The van der Waals surface area contributed by atoms with E-state index < -0.39 is 6.04 Å². The van der Waals surface area contributed by atoms with Crippen LogP contribution in [0.3, 0.4) is 0 Å². The van der Waals surface area contributed by atoms with Gasteiger partial charge in [0.25, 0.3) is 5.56 Å². The number of aryl methyl sites for hydroxylation is 2. The van der Waals surface area contributed by atoms with Crippen molar-refractivity contribution < 1.29 is 9.15 Å². The van der Waals surface area contributed by atoms with E-state index in [-0.39, 0.29) is 11.7 Å². The molecule has 1 aromatic carbocycles. The predicted molar refractivity (Wildman–Crippen MR) is 145 cm³/mol. The van der Waals surface area contributed by atoms with Crippen molar-refractivity contribution in [3.05, 3.63) is 105 Å². The lowest BCUT2D eigenvalue weighted by Crippen LogP contribution is -2.35. The largest absolute Gasteiger partial charge is 0.468 e. The molecule has 1 saturated heterocycles. The number of aromatic nitrogens is 6. The molecule has 10 nitrogen and oxygen atoms in total. The molecule has 0 bridgehead atoms. The highest BCUT2D eigenvalue weighted by molar-refractivity contribution is 5.81. The van der Waals surface area contributed by atoms with Crippen LogP contribution in [0.4, 0.5) is 0 Å². The van der Waals surface area contributed by atoms with Gasteiger partial charge in [-0.05, 0) is 95.6 Å². The summed E-state index contributed by atoms with van der Waals surface area (Å²) in [6.07, 6.45) is 7.23. The molecular formula is C29H31N7O3. The van der Waals surface area contributed by atoms with E-state index in [2.05, 4.69) is 43.4 Å². The quantitative estimate of drug-likeness (QED) is 0.306. The lowest BCUT2D eigenvalue weighted by molar-refractivity contribution is 0.0901. The maximum absolute atomic E-state index is 13.8. The van der Waals surface area contributed by atoms with Crippen molar-refractivity contribution in [2.75, 3.05) is 6.61 Å². The van der Waals surface area contributed by atoms with Gasteiger partial charge in [0.1, 0.15) is 11.8 Å². The Hall–Kier alpha value is -4.15. The van der Waals surface area contributed by atoms with Crippen LogP contribution < -0.4 is 5.56 Å². The number of rotatable bonds is 9. The molecule has 1 aliphatic heterocycles. The summed E-state index contributed by atoms with van der Waals surface area (Å²) in [6, 6.07) is 13.2. The van der Waals surface area contributed by atoms with Gasteiger partial charge in [-0.25, -0.2) is 4.68 Å². The molecule has 1 aliphatic rings. The maximum atomic E-state index is 13.8. The SMILES string of the molecule is Cc1cc2cc([C@H](c3nnnn3C[C@H]3CCCO3)N(Cc3cccnc3)Cc3ccco3)c(=O)[nH]c2cc1C. The van der Waals surface area contributed by atoms with Crippen LogP contribution in [0.2, 0.25) is 0 Å². The number of nitrogens with zero attached hydrogens (tertiary/aromatic N) is 6. The molecular weight excluding hydrogens is 494 g/mol. The number of hydrogen-bond donors (Lipinski definition) is 1. The first-order valence-corrected chi connectivity index (χ1v) is 13.2. The topological polar surface area (TPSA) is 115 Å². The van der Waals surface area contributed by atoms with E-state index in [1.807, 2.05) is 49.5 Å². The average molecular weight is 526 g/mol. The number of nitrogens with one attached hydrogen (secondary N) is 1. The van der Waals surface area contributed by atoms with Crippen molar-refractivity contribution in [2.45, 2.75) is 58.5 Å². The van der Waals surface area contributed by atoms with E-state index in [1.165, 1.54) is 0 Å². The number of ether oxygens (including phenoxy) is 1. The lowest BCUT2D eigenvalue weighted by Gasteiger charge is -2.30. The Bertz CT molecular complexity index is 1610. The maximum Gasteiger partial charge on any atom is 0.253 e. The third kappa shape index (κ3) is 5.39. The van der Waals surface area contributed by atoms with Crippen LogP contribution in [0.15, 0.2) is 70.3 Å². The van der Waals surface area contributed by atoms with E-state index in [0.717, 1.165) is 52.8 Å². The number of H-pyrrole nitrogens is 1. The molecule has 0 aliphatic carbocycles. The van der Waals surface area contributed by atoms with Gasteiger partial charge in [0.15, 0.2) is 5.82 Å². The molecule has 5 heterocycles. The fraction of sp³-hybridized carbons (Fsp3) is 0.345. The summed E-state index contributed by atoms with van der Waals surface area (Å²) in [5.74, 6) is 1.35. The zero-order valence-corrected chi connectivity index (χ0v) is 22.1. The third-order valence-electron chi connectivity index (χ3n) is 7.40. The number of benzene rings is 1. The Labute approximate surface area is 225 Å². The standard InChI is InChI=1S/C29H31N7O3/c1-19-12-22-14-25(29(37)31-26(22)13-20(19)2)27(28-32-33-34-36(28)18-24-8-5-11-39-24)35(17-23-7-4-10-38-23)16-21-6-3-9-30-15-21/h3-4,6-7,9-10,12-15,24,27H,5,8,11,16-18H2,1-2H3,(H,31,37)/t24-,27-/m1/s1. The van der Waals surface area contributed by atoms with Crippen molar-refractivity contribution in [3.8, 4) is 0 Å². The highest BCUT2D eigenvalue weighted by Gasteiger charge is 2.32. The minimum absolute atomic E-state index is 0.0326. The molecule has 1 N–H and O–H groups in total. The lowest BCUT2D eigenvalue weighted by atomic mass is 10.00. The summed E-state index contributed by atoms with van der Waals surface area (Å²) >= 11 is 0. The van der Waals surface area contributed by atoms with Gasteiger partial charge in [0, 0.05) is 36.6 Å². The fourth-order valence-electron chi connectivity index (χ4n) is 5.28. The van der Waals surface area contributed by atoms with Crippen LogP contribution in [0.25, 0.3) is 10.9 Å². The molecule has 39 heavy (non-hydrogen) atoms. The second kappa shape index (κ2) is 10.9. The van der Waals surface area contributed by atoms with E-state index in [4.69, 9.17) is 9.15 Å². The molecule has 2 atom stereocenters. The first-order valence-electron chi connectivity index (χ1n) is 13.2. The molecule has 0 amide bonds. The Morgan fingerprint density at radius 3 is 2.82 bits per heavy atom. The summed E-state index contributed by atoms with van der Waals surface area (Å²) in [6.45, 7) is 6.30. The van der Waals surface area contributed by atoms with Gasteiger partial charge in [0.05, 0.1) is 25.5 Å². The zero-order valence-electron chi connectivity index (χ0n) is 22.1. The van der Waals surface area contributed by atoms with Gasteiger partial charge in [-0.15, -0.1) is 5.10 Å². The number of pyridine rings is 2. The molecule has 0 unspecified atom stereocenters. The van der Waals surface area contributed by atoms with Crippen molar-refractivity contribution in [3.63, 3.8) is 0 Å². The first-order chi connectivity index (χ1) is 19.0. The first kappa shape index (κ1) is 25.1. The average Bonchev–Trinajstić information content (AvgIpc) is 3.71. The fourth-order valence-corrected chi connectivity index (χ4v) is 5.28. The van der Waals surface area contributed by atoms with Crippen LogP contribution in [0.1, 0.15) is 52.7 Å². The van der Waals surface area contributed by atoms with E-state index in [0.29, 0.717) is 31.0 Å². The highest BCUT2D eigenvalue weighted by atomic mass is 16.5. The number of tetrazole rings is 1. The smallest absolute Gasteiger partial charge is 0.253 e. The molecule has 1 fully saturated rings. The Kier molecular flexibility index (Phi) is 7.04. The normalized spacial score (nSPS) is 16.3. The summed E-state index contributed by atoms with van der Waals surface area (Å²) in [5.41, 5.74) is 4.45. The number of fused-ring (bicyclic) bond motifs is 1. The molecule has 10 heteroatoms. The number of aromatic amines is 1. The van der Waals surface area contributed by atoms with E-state index in [1.54, 1.807) is 17.1 Å². The predicted octanol–water partition coefficient (Wildman–Crippen LogP) is 4.09. The van der Waals surface area contributed by atoms with Gasteiger partial charge in [-0.3, -0.25) is 14.7 Å². The second-order valence-electron chi connectivity index (χ2n) is 10.2. The van der Waals surface area contributed by atoms with Gasteiger partial charge in [-0.1, -0.05) is 6.07 Å². The number of hydrogen-bond acceptors (Lipinski definition) is 8. The van der Waals surface area contributed by atoms with Crippen LogP contribution in [0.5, 0.6) is 0 Å². The minimum atomic E-state index is -0.568. The molecule has 4 aromatic heterocycles. The summed E-state index contributed by atoms with van der Waals surface area (Å²) < 4.78 is 13.4. The Morgan fingerprint density at radius 2 is 2.05 bits per heavy atom. The minimum Gasteiger partial charge on any atom is -0.468 e. The van der Waals surface area contributed by atoms with Crippen LogP contribution >= 0.6 is 0 Å². The van der Waals surface area contributed by atoms with Crippen LogP contribution in [0, 0.1) is 13.8 Å². The van der Waals surface area contributed by atoms with Crippen LogP contribution in [-0.2, 0) is 24.4 Å². The molecule has 0 saturated carbocycles.